The van der Waals surface area contributed by atoms with Crippen molar-refractivity contribution < 1.29 is 0 Å². The Labute approximate surface area is 133 Å². The van der Waals surface area contributed by atoms with Gasteiger partial charge in [0.05, 0.1) is 8.67 Å². The highest BCUT2D eigenvalue weighted by Crippen LogP contribution is 2.36. The van der Waals surface area contributed by atoms with Crippen LogP contribution in [-0.2, 0) is 6.42 Å². The Morgan fingerprint density at radius 3 is 2.50 bits per heavy atom. The van der Waals surface area contributed by atoms with Gasteiger partial charge in [0.2, 0.25) is 0 Å². The van der Waals surface area contributed by atoms with E-state index in [1.807, 2.05) is 24.3 Å². The molecule has 0 saturated heterocycles. The second-order valence-corrected chi connectivity index (χ2v) is 7.43. The van der Waals surface area contributed by atoms with E-state index in [1.165, 1.54) is 11.3 Å². The van der Waals surface area contributed by atoms with E-state index in [2.05, 4.69) is 15.9 Å². The molecule has 1 heterocycles. The van der Waals surface area contributed by atoms with Gasteiger partial charge in [-0.05, 0) is 30.2 Å². The summed E-state index contributed by atoms with van der Waals surface area (Å²) in [5.41, 5.74) is 8.00. The van der Waals surface area contributed by atoms with Crippen molar-refractivity contribution in [2.45, 2.75) is 12.5 Å². The van der Waals surface area contributed by atoms with Gasteiger partial charge in [-0.3, -0.25) is 0 Å². The summed E-state index contributed by atoms with van der Waals surface area (Å²) in [5, 5.41) is 0.692. The molecule has 0 aliphatic heterocycles. The van der Waals surface area contributed by atoms with Gasteiger partial charge in [-0.25, -0.2) is 0 Å². The molecule has 2 N–H and O–H groups in total. The fraction of sp³-hybridized carbons (Fsp3) is 0.167. The van der Waals surface area contributed by atoms with Crippen LogP contribution in [0.1, 0.15) is 17.2 Å². The molecule has 0 aliphatic rings. The number of nitrogens with two attached hydrogens (primary N) is 1. The summed E-state index contributed by atoms with van der Waals surface area (Å²) >= 11 is 22.9. The first kappa shape index (κ1) is 14.6. The molecule has 1 atom stereocenters. The number of benzene rings is 1. The Morgan fingerprint density at radius 2 is 1.94 bits per heavy atom. The molecule has 0 fully saturated rings. The number of halogens is 4. The summed E-state index contributed by atoms with van der Waals surface area (Å²) in [6, 6.07) is 7.35. The Bertz CT molecular complexity index is 570. The topological polar surface area (TPSA) is 26.0 Å². The van der Waals surface area contributed by atoms with E-state index >= 15 is 0 Å². The van der Waals surface area contributed by atoms with Crippen LogP contribution in [0.15, 0.2) is 28.7 Å². The summed E-state index contributed by atoms with van der Waals surface area (Å²) in [6.07, 6.45) is 0.624. The second kappa shape index (κ2) is 6.12. The largest absolute Gasteiger partial charge is 0.324 e. The van der Waals surface area contributed by atoms with Gasteiger partial charge in [-0.1, -0.05) is 56.8 Å². The summed E-state index contributed by atoms with van der Waals surface area (Å²) in [5.74, 6) is 0. The standard InChI is InChI=1S/C12H9BrCl3NS/c13-7-2-1-6(9(14)4-7)3-10(17)8-5-11(15)18-12(8)16/h1-2,4-5,10H,3,17H2. The SMILES string of the molecule is NC(Cc1ccc(Br)cc1Cl)c1cc(Cl)sc1Cl. The van der Waals surface area contributed by atoms with E-state index in [1.54, 1.807) is 0 Å². The van der Waals surface area contributed by atoms with Gasteiger partial charge in [0.25, 0.3) is 0 Å². The van der Waals surface area contributed by atoms with Crippen molar-refractivity contribution in [3.8, 4) is 0 Å². The third-order valence-corrected chi connectivity index (χ3v) is 4.90. The molecule has 0 radical (unpaired) electrons. The van der Waals surface area contributed by atoms with Gasteiger partial charge in [-0.2, -0.15) is 0 Å². The molecular weight excluding hydrogens is 376 g/mol. The minimum atomic E-state index is -0.208. The van der Waals surface area contributed by atoms with Gasteiger partial charge in [0.15, 0.2) is 0 Å². The Hall–Kier alpha value is 0.230. The van der Waals surface area contributed by atoms with Crippen molar-refractivity contribution in [3.05, 3.63) is 53.6 Å². The molecule has 0 spiro atoms. The molecule has 18 heavy (non-hydrogen) atoms. The molecule has 1 unspecified atom stereocenters. The fourth-order valence-electron chi connectivity index (χ4n) is 1.64. The molecule has 0 aliphatic carbocycles. The van der Waals surface area contributed by atoms with Crippen LogP contribution in [0.4, 0.5) is 0 Å². The Balaban J connectivity index is 2.21. The highest BCUT2D eigenvalue weighted by atomic mass is 79.9. The van der Waals surface area contributed by atoms with Crippen LogP contribution in [0.2, 0.25) is 13.7 Å². The van der Waals surface area contributed by atoms with Crippen LogP contribution in [0.5, 0.6) is 0 Å². The lowest BCUT2D eigenvalue weighted by molar-refractivity contribution is 0.725. The highest BCUT2D eigenvalue weighted by molar-refractivity contribution is 9.10. The molecule has 2 aromatic rings. The third kappa shape index (κ3) is 3.41. The summed E-state index contributed by atoms with van der Waals surface area (Å²) in [4.78, 5) is 0. The Kier molecular flexibility index (Phi) is 4.98. The summed E-state index contributed by atoms with van der Waals surface area (Å²) < 4.78 is 2.23. The average Bonchev–Trinajstić information content (AvgIpc) is 2.62. The lowest BCUT2D eigenvalue weighted by atomic mass is 10.0. The summed E-state index contributed by atoms with van der Waals surface area (Å²) in [6.45, 7) is 0. The van der Waals surface area contributed by atoms with E-state index in [4.69, 9.17) is 40.5 Å². The molecule has 1 aromatic carbocycles. The monoisotopic (exact) mass is 383 g/mol. The van der Waals surface area contributed by atoms with Gasteiger partial charge in [-0.15, -0.1) is 11.3 Å². The smallest absolute Gasteiger partial charge is 0.0992 e. The predicted molar refractivity (Wildman–Crippen MR) is 84.1 cm³/mol. The fourth-order valence-corrected chi connectivity index (χ4v) is 3.99. The maximum Gasteiger partial charge on any atom is 0.0992 e. The second-order valence-electron chi connectivity index (χ2n) is 3.83. The van der Waals surface area contributed by atoms with E-state index in [0.717, 1.165) is 15.6 Å². The van der Waals surface area contributed by atoms with E-state index in [0.29, 0.717) is 20.1 Å². The predicted octanol–water partition coefficient (Wildman–Crippen LogP) is 5.71. The van der Waals surface area contributed by atoms with Crippen LogP contribution < -0.4 is 5.73 Å². The van der Waals surface area contributed by atoms with E-state index in [-0.39, 0.29) is 6.04 Å². The molecule has 1 aromatic heterocycles. The maximum atomic E-state index is 6.16. The number of hydrogen-bond acceptors (Lipinski definition) is 2. The zero-order valence-electron chi connectivity index (χ0n) is 9.09. The van der Waals surface area contributed by atoms with Crippen LogP contribution in [0.3, 0.4) is 0 Å². The lowest BCUT2D eigenvalue weighted by Gasteiger charge is -2.12. The van der Waals surface area contributed by atoms with Crippen molar-refractivity contribution in [1.82, 2.24) is 0 Å². The minimum absolute atomic E-state index is 0.208. The van der Waals surface area contributed by atoms with E-state index in [9.17, 15) is 0 Å². The minimum Gasteiger partial charge on any atom is -0.324 e. The number of thiophene rings is 1. The third-order valence-electron chi connectivity index (χ3n) is 2.54. The molecule has 0 amide bonds. The highest BCUT2D eigenvalue weighted by Gasteiger charge is 2.15. The first-order valence-corrected chi connectivity index (χ1v) is 7.86. The quantitative estimate of drug-likeness (QED) is 0.719. The first-order chi connectivity index (χ1) is 8.47. The van der Waals surface area contributed by atoms with Gasteiger partial charge in [0, 0.05) is 21.1 Å². The summed E-state index contributed by atoms with van der Waals surface area (Å²) in [7, 11) is 0. The maximum absolute atomic E-state index is 6.16. The molecule has 1 nitrogen and oxygen atoms in total. The number of hydrogen-bond donors (Lipinski definition) is 1. The van der Waals surface area contributed by atoms with Crippen molar-refractivity contribution in [3.63, 3.8) is 0 Å². The normalized spacial score (nSPS) is 12.7. The van der Waals surface area contributed by atoms with Gasteiger partial charge >= 0.3 is 0 Å². The van der Waals surface area contributed by atoms with Crippen molar-refractivity contribution in [1.29, 1.82) is 0 Å². The number of rotatable bonds is 3. The van der Waals surface area contributed by atoms with Crippen molar-refractivity contribution in [2.24, 2.45) is 5.73 Å². The average molecular weight is 386 g/mol. The molecule has 6 heteroatoms. The van der Waals surface area contributed by atoms with Crippen LogP contribution in [-0.4, -0.2) is 0 Å². The van der Waals surface area contributed by atoms with Crippen molar-refractivity contribution >= 4 is 62.1 Å². The van der Waals surface area contributed by atoms with Gasteiger partial charge in [0.1, 0.15) is 0 Å². The molecule has 0 saturated carbocycles. The van der Waals surface area contributed by atoms with Crippen LogP contribution >= 0.6 is 62.1 Å². The molecular formula is C12H9BrCl3NS. The first-order valence-electron chi connectivity index (χ1n) is 5.11. The molecule has 0 bridgehead atoms. The lowest BCUT2D eigenvalue weighted by Crippen LogP contribution is -2.13. The van der Waals surface area contributed by atoms with Crippen LogP contribution in [0, 0.1) is 0 Å². The Morgan fingerprint density at radius 1 is 1.22 bits per heavy atom. The molecule has 96 valence electrons. The van der Waals surface area contributed by atoms with E-state index < -0.39 is 0 Å². The zero-order valence-corrected chi connectivity index (χ0v) is 13.8. The van der Waals surface area contributed by atoms with Crippen molar-refractivity contribution in [2.75, 3.05) is 0 Å². The zero-order chi connectivity index (χ0) is 13.3. The van der Waals surface area contributed by atoms with Gasteiger partial charge < -0.3 is 5.73 Å². The van der Waals surface area contributed by atoms with Crippen LogP contribution in [0.25, 0.3) is 0 Å². The molecule has 2 rings (SSSR count).